The lowest BCUT2D eigenvalue weighted by Crippen LogP contribution is -2.36. The van der Waals surface area contributed by atoms with Gasteiger partial charge in [0.2, 0.25) is 0 Å². The van der Waals surface area contributed by atoms with Gasteiger partial charge in [-0.3, -0.25) is 4.90 Å². The number of aryl methyl sites for hydroxylation is 1. The first-order valence-corrected chi connectivity index (χ1v) is 7.00. The number of benzene rings is 1. The highest BCUT2D eigenvalue weighted by molar-refractivity contribution is 5.94. The monoisotopic (exact) mass is 261 g/mol. The number of carbonyl (C=O) groups excluding carboxylic acids is 1. The van der Waals surface area contributed by atoms with E-state index in [0.29, 0.717) is 0 Å². The standard InChI is InChI=1S/C15H23N3O/c1-12(2)17-10-11-18(15(17)19)14-7-5-13(6-8-14)4-3-9-16/h5-8,12H,3-4,9-11,16H2,1-2H3. The zero-order valence-electron chi connectivity index (χ0n) is 11.8. The van der Waals surface area contributed by atoms with Crippen LogP contribution in [0.25, 0.3) is 0 Å². The summed E-state index contributed by atoms with van der Waals surface area (Å²) in [5, 5.41) is 0. The quantitative estimate of drug-likeness (QED) is 0.883. The smallest absolute Gasteiger partial charge is 0.324 e. The van der Waals surface area contributed by atoms with E-state index in [-0.39, 0.29) is 12.1 Å². The lowest BCUT2D eigenvalue weighted by molar-refractivity contribution is 0.209. The van der Waals surface area contributed by atoms with Crippen LogP contribution >= 0.6 is 0 Å². The van der Waals surface area contributed by atoms with Gasteiger partial charge in [-0.1, -0.05) is 12.1 Å². The summed E-state index contributed by atoms with van der Waals surface area (Å²) < 4.78 is 0. The zero-order chi connectivity index (χ0) is 13.8. The maximum Gasteiger partial charge on any atom is 0.324 e. The minimum atomic E-state index is 0.115. The van der Waals surface area contributed by atoms with Crippen LogP contribution in [0.5, 0.6) is 0 Å². The first-order valence-electron chi connectivity index (χ1n) is 7.00. The highest BCUT2D eigenvalue weighted by Crippen LogP contribution is 2.22. The molecule has 1 aromatic carbocycles. The summed E-state index contributed by atoms with van der Waals surface area (Å²) in [5.41, 5.74) is 7.78. The van der Waals surface area contributed by atoms with Gasteiger partial charge in [0.15, 0.2) is 0 Å². The van der Waals surface area contributed by atoms with Gasteiger partial charge in [-0.15, -0.1) is 0 Å². The molecule has 0 saturated carbocycles. The number of urea groups is 1. The maximum absolute atomic E-state index is 12.2. The number of nitrogens with two attached hydrogens (primary N) is 1. The van der Waals surface area contributed by atoms with Crippen LogP contribution in [0.4, 0.5) is 10.5 Å². The van der Waals surface area contributed by atoms with E-state index in [1.165, 1.54) is 5.56 Å². The molecule has 19 heavy (non-hydrogen) atoms. The van der Waals surface area contributed by atoms with Crippen molar-refractivity contribution in [3.05, 3.63) is 29.8 Å². The fraction of sp³-hybridized carbons (Fsp3) is 0.533. The van der Waals surface area contributed by atoms with Crippen LogP contribution in [-0.2, 0) is 6.42 Å². The Balaban J connectivity index is 2.05. The molecule has 1 aliphatic heterocycles. The first-order chi connectivity index (χ1) is 9.13. The Kier molecular flexibility index (Phi) is 4.43. The van der Waals surface area contributed by atoms with Crippen molar-refractivity contribution in [1.29, 1.82) is 0 Å². The maximum atomic E-state index is 12.2. The van der Waals surface area contributed by atoms with E-state index in [1.54, 1.807) is 0 Å². The van der Waals surface area contributed by atoms with E-state index in [4.69, 9.17) is 5.73 Å². The Morgan fingerprint density at radius 1 is 1.21 bits per heavy atom. The summed E-state index contributed by atoms with van der Waals surface area (Å²) in [6.45, 7) is 6.41. The predicted molar refractivity (Wildman–Crippen MR) is 78.4 cm³/mol. The largest absolute Gasteiger partial charge is 0.330 e. The Morgan fingerprint density at radius 3 is 2.42 bits per heavy atom. The highest BCUT2D eigenvalue weighted by atomic mass is 16.2. The van der Waals surface area contributed by atoms with Gasteiger partial charge in [0.1, 0.15) is 0 Å². The van der Waals surface area contributed by atoms with Gasteiger partial charge < -0.3 is 10.6 Å². The zero-order valence-corrected chi connectivity index (χ0v) is 11.8. The van der Waals surface area contributed by atoms with Gasteiger partial charge in [0, 0.05) is 24.8 Å². The molecule has 2 rings (SSSR count). The lowest BCUT2D eigenvalue weighted by atomic mass is 10.1. The number of amides is 2. The number of rotatable bonds is 5. The van der Waals surface area contributed by atoms with Gasteiger partial charge in [-0.2, -0.15) is 0 Å². The van der Waals surface area contributed by atoms with E-state index in [1.807, 2.05) is 21.9 Å². The van der Waals surface area contributed by atoms with Crippen molar-refractivity contribution < 1.29 is 4.79 Å². The molecule has 0 radical (unpaired) electrons. The second kappa shape index (κ2) is 6.06. The van der Waals surface area contributed by atoms with E-state index < -0.39 is 0 Å². The fourth-order valence-corrected chi connectivity index (χ4v) is 2.42. The average molecular weight is 261 g/mol. The van der Waals surface area contributed by atoms with Crippen LogP contribution in [0.3, 0.4) is 0 Å². The summed E-state index contributed by atoms with van der Waals surface area (Å²) in [7, 11) is 0. The summed E-state index contributed by atoms with van der Waals surface area (Å²) in [6.07, 6.45) is 2.01. The van der Waals surface area contributed by atoms with E-state index in [2.05, 4.69) is 26.0 Å². The van der Waals surface area contributed by atoms with Crippen LogP contribution in [0.15, 0.2) is 24.3 Å². The van der Waals surface area contributed by atoms with Crippen LogP contribution in [0.2, 0.25) is 0 Å². The molecule has 0 bridgehead atoms. The number of hydrogen-bond donors (Lipinski definition) is 1. The average Bonchev–Trinajstić information content (AvgIpc) is 2.79. The summed E-state index contributed by atoms with van der Waals surface area (Å²) in [5.74, 6) is 0. The van der Waals surface area contributed by atoms with Crippen molar-refractivity contribution >= 4 is 11.7 Å². The van der Waals surface area contributed by atoms with Crippen molar-refractivity contribution in [3.63, 3.8) is 0 Å². The molecule has 0 aromatic heterocycles. The third-order valence-electron chi connectivity index (χ3n) is 3.58. The van der Waals surface area contributed by atoms with Crippen LogP contribution in [-0.4, -0.2) is 36.6 Å². The van der Waals surface area contributed by atoms with E-state index >= 15 is 0 Å². The number of nitrogens with zero attached hydrogens (tertiary/aromatic N) is 2. The summed E-state index contributed by atoms with van der Waals surface area (Å²) in [6, 6.07) is 8.64. The normalized spacial score (nSPS) is 15.7. The minimum absolute atomic E-state index is 0.115. The molecule has 0 aliphatic carbocycles. The Hall–Kier alpha value is -1.55. The Morgan fingerprint density at radius 2 is 1.89 bits per heavy atom. The molecule has 2 N–H and O–H groups in total. The van der Waals surface area contributed by atoms with Gasteiger partial charge >= 0.3 is 6.03 Å². The molecule has 0 atom stereocenters. The highest BCUT2D eigenvalue weighted by Gasteiger charge is 2.30. The number of hydrogen-bond acceptors (Lipinski definition) is 2. The molecule has 0 unspecified atom stereocenters. The van der Waals surface area contributed by atoms with Crippen molar-refractivity contribution in [2.45, 2.75) is 32.7 Å². The van der Waals surface area contributed by atoms with Gasteiger partial charge in [-0.25, -0.2) is 4.79 Å². The molecular weight excluding hydrogens is 238 g/mol. The molecule has 0 spiro atoms. The molecule has 1 fully saturated rings. The molecule has 1 aromatic rings. The van der Waals surface area contributed by atoms with E-state index in [9.17, 15) is 4.79 Å². The molecule has 1 heterocycles. The Bertz CT molecular complexity index is 428. The van der Waals surface area contributed by atoms with Crippen molar-refractivity contribution in [2.75, 3.05) is 24.5 Å². The molecule has 1 aliphatic rings. The molecule has 4 nitrogen and oxygen atoms in total. The second-order valence-electron chi connectivity index (χ2n) is 5.28. The molecule has 4 heteroatoms. The topological polar surface area (TPSA) is 49.6 Å². The molecule has 104 valence electrons. The van der Waals surface area contributed by atoms with Crippen molar-refractivity contribution in [2.24, 2.45) is 5.73 Å². The third-order valence-corrected chi connectivity index (χ3v) is 3.58. The summed E-state index contributed by atoms with van der Waals surface area (Å²) >= 11 is 0. The van der Waals surface area contributed by atoms with E-state index in [0.717, 1.165) is 38.2 Å². The fourth-order valence-electron chi connectivity index (χ4n) is 2.42. The van der Waals surface area contributed by atoms with Crippen molar-refractivity contribution in [3.8, 4) is 0 Å². The SMILES string of the molecule is CC(C)N1CCN(c2ccc(CCCN)cc2)C1=O. The van der Waals surface area contributed by atoms with Gasteiger partial charge in [0.25, 0.3) is 0 Å². The predicted octanol–water partition coefficient (Wildman–Crippen LogP) is 2.23. The van der Waals surface area contributed by atoms with Gasteiger partial charge in [-0.05, 0) is 50.9 Å². The van der Waals surface area contributed by atoms with Crippen molar-refractivity contribution in [1.82, 2.24) is 4.90 Å². The van der Waals surface area contributed by atoms with Crippen LogP contribution in [0.1, 0.15) is 25.8 Å². The van der Waals surface area contributed by atoms with Crippen LogP contribution < -0.4 is 10.6 Å². The Labute approximate surface area is 115 Å². The number of carbonyl (C=O) groups is 1. The second-order valence-corrected chi connectivity index (χ2v) is 5.28. The molecule has 1 saturated heterocycles. The number of anilines is 1. The lowest BCUT2D eigenvalue weighted by Gasteiger charge is -2.21. The molecule has 2 amide bonds. The summed E-state index contributed by atoms with van der Waals surface area (Å²) in [4.78, 5) is 16.0. The minimum Gasteiger partial charge on any atom is -0.330 e. The molecular formula is C15H23N3O. The third kappa shape index (κ3) is 3.07. The first kappa shape index (κ1) is 13.9. The van der Waals surface area contributed by atoms with Gasteiger partial charge in [0.05, 0.1) is 0 Å². The van der Waals surface area contributed by atoms with Crippen LogP contribution in [0, 0.1) is 0 Å².